The van der Waals surface area contributed by atoms with Gasteiger partial charge in [-0.25, -0.2) is 0 Å². The molecule has 0 rings (SSSR count). The molecular formula is C10H22N2OS. The second-order valence-corrected chi connectivity index (χ2v) is 4.91. The number of nitrogens with zero attached hydrogens (tertiary/aromatic N) is 1. The standard InChI is InChI=1S/C10H22N2OS/c1-5-12(7-10(3,4)13)6-8(2)9(11)14/h8,13H,5-7H2,1-4H3,(H2,11,14). The summed E-state index contributed by atoms with van der Waals surface area (Å²) in [5.41, 5.74) is 4.88. The van der Waals surface area contributed by atoms with Crippen LogP contribution < -0.4 is 5.73 Å². The molecular weight excluding hydrogens is 196 g/mol. The summed E-state index contributed by atoms with van der Waals surface area (Å²) in [6, 6.07) is 0. The van der Waals surface area contributed by atoms with Gasteiger partial charge in [0.2, 0.25) is 0 Å². The number of thiocarbonyl (C=S) groups is 1. The molecule has 0 amide bonds. The molecule has 0 heterocycles. The Balaban J connectivity index is 4.10. The van der Waals surface area contributed by atoms with Crippen LogP contribution in [0.5, 0.6) is 0 Å². The summed E-state index contributed by atoms with van der Waals surface area (Å²) in [6.45, 7) is 10.1. The fourth-order valence-electron chi connectivity index (χ4n) is 1.33. The van der Waals surface area contributed by atoms with Crippen LogP contribution in [0.15, 0.2) is 0 Å². The van der Waals surface area contributed by atoms with E-state index in [0.29, 0.717) is 11.5 Å². The van der Waals surface area contributed by atoms with Crippen LogP contribution in [-0.2, 0) is 0 Å². The van der Waals surface area contributed by atoms with E-state index in [1.807, 2.05) is 6.92 Å². The average molecular weight is 218 g/mol. The Morgan fingerprint density at radius 3 is 2.36 bits per heavy atom. The molecule has 3 nitrogen and oxygen atoms in total. The second kappa shape index (κ2) is 5.63. The second-order valence-electron chi connectivity index (χ2n) is 4.44. The first-order chi connectivity index (χ1) is 6.26. The third-order valence-corrected chi connectivity index (χ3v) is 2.48. The summed E-state index contributed by atoms with van der Waals surface area (Å²) < 4.78 is 0. The molecule has 0 aromatic carbocycles. The van der Waals surface area contributed by atoms with Crippen molar-refractivity contribution in [1.29, 1.82) is 0 Å². The van der Waals surface area contributed by atoms with E-state index >= 15 is 0 Å². The first-order valence-electron chi connectivity index (χ1n) is 5.00. The van der Waals surface area contributed by atoms with Crippen molar-refractivity contribution in [2.24, 2.45) is 11.7 Å². The summed E-state index contributed by atoms with van der Waals surface area (Å²) in [6.07, 6.45) is 0. The van der Waals surface area contributed by atoms with Gasteiger partial charge in [0, 0.05) is 19.0 Å². The molecule has 14 heavy (non-hydrogen) atoms. The lowest BCUT2D eigenvalue weighted by Gasteiger charge is -2.29. The number of rotatable bonds is 6. The zero-order valence-corrected chi connectivity index (χ0v) is 10.4. The third kappa shape index (κ3) is 6.29. The maximum atomic E-state index is 9.66. The lowest BCUT2D eigenvalue weighted by Crippen LogP contribution is -2.42. The van der Waals surface area contributed by atoms with Crippen molar-refractivity contribution >= 4 is 17.2 Å². The van der Waals surface area contributed by atoms with Crippen LogP contribution in [0.3, 0.4) is 0 Å². The lowest BCUT2D eigenvalue weighted by molar-refractivity contribution is 0.0360. The fourth-order valence-corrected chi connectivity index (χ4v) is 1.40. The Morgan fingerprint density at radius 1 is 1.57 bits per heavy atom. The van der Waals surface area contributed by atoms with Crippen molar-refractivity contribution < 1.29 is 5.11 Å². The molecule has 0 saturated carbocycles. The normalized spacial score (nSPS) is 14.4. The zero-order valence-electron chi connectivity index (χ0n) is 9.58. The van der Waals surface area contributed by atoms with Gasteiger partial charge in [0.15, 0.2) is 0 Å². The Bertz CT molecular complexity index is 189. The molecule has 84 valence electrons. The van der Waals surface area contributed by atoms with Gasteiger partial charge in [-0.15, -0.1) is 0 Å². The summed E-state index contributed by atoms with van der Waals surface area (Å²) in [4.78, 5) is 2.70. The van der Waals surface area contributed by atoms with Gasteiger partial charge in [-0.3, -0.25) is 0 Å². The number of hydrogen-bond donors (Lipinski definition) is 2. The minimum Gasteiger partial charge on any atom is -0.393 e. The van der Waals surface area contributed by atoms with Gasteiger partial charge in [-0.1, -0.05) is 26.1 Å². The van der Waals surface area contributed by atoms with Gasteiger partial charge in [0.25, 0.3) is 0 Å². The molecule has 0 fully saturated rings. The first-order valence-corrected chi connectivity index (χ1v) is 5.41. The summed E-state index contributed by atoms with van der Waals surface area (Å²) in [5.74, 6) is 0.201. The van der Waals surface area contributed by atoms with Gasteiger partial charge >= 0.3 is 0 Å². The number of likely N-dealkylation sites (N-methyl/N-ethyl adjacent to an activating group) is 1. The summed E-state index contributed by atoms with van der Waals surface area (Å²) >= 11 is 4.91. The fraction of sp³-hybridized carbons (Fsp3) is 0.900. The van der Waals surface area contributed by atoms with Crippen LogP contribution in [0.2, 0.25) is 0 Å². The van der Waals surface area contributed by atoms with Crippen molar-refractivity contribution in [2.45, 2.75) is 33.3 Å². The topological polar surface area (TPSA) is 49.5 Å². The highest BCUT2D eigenvalue weighted by atomic mass is 32.1. The van der Waals surface area contributed by atoms with Crippen LogP contribution in [0.25, 0.3) is 0 Å². The molecule has 3 N–H and O–H groups in total. The maximum Gasteiger partial charge on any atom is 0.0768 e. The van der Waals surface area contributed by atoms with E-state index in [1.165, 1.54) is 0 Å². The highest BCUT2D eigenvalue weighted by Crippen LogP contribution is 2.07. The molecule has 0 bridgehead atoms. The van der Waals surface area contributed by atoms with E-state index in [4.69, 9.17) is 18.0 Å². The molecule has 0 aromatic rings. The van der Waals surface area contributed by atoms with Crippen molar-refractivity contribution in [2.75, 3.05) is 19.6 Å². The van der Waals surface area contributed by atoms with Gasteiger partial charge in [0.05, 0.1) is 10.6 Å². The lowest BCUT2D eigenvalue weighted by atomic mass is 10.1. The summed E-state index contributed by atoms with van der Waals surface area (Å²) in [5, 5.41) is 9.66. The van der Waals surface area contributed by atoms with Crippen LogP contribution >= 0.6 is 12.2 Å². The van der Waals surface area contributed by atoms with Crippen LogP contribution in [-0.4, -0.2) is 40.2 Å². The zero-order chi connectivity index (χ0) is 11.4. The van der Waals surface area contributed by atoms with Crippen molar-refractivity contribution in [1.82, 2.24) is 4.90 Å². The monoisotopic (exact) mass is 218 g/mol. The highest BCUT2D eigenvalue weighted by Gasteiger charge is 2.19. The predicted molar refractivity (Wildman–Crippen MR) is 64.4 cm³/mol. The molecule has 0 spiro atoms. The quantitative estimate of drug-likeness (QED) is 0.653. The molecule has 0 aromatic heterocycles. The number of hydrogen-bond acceptors (Lipinski definition) is 3. The van der Waals surface area contributed by atoms with Gasteiger partial charge in [-0.2, -0.15) is 0 Å². The first kappa shape index (κ1) is 13.8. The SMILES string of the molecule is CCN(CC(C)C(N)=S)CC(C)(C)O. The van der Waals surface area contributed by atoms with E-state index in [2.05, 4.69) is 11.8 Å². The molecule has 0 radical (unpaired) electrons. The van der Waals surface area contributed by atoms with Gasteiger partial charge < -0.3 is 15.7 Å². The Morgan fingerprint density at radius 2 is 2.07 bits per heavy atom. The van der Waals surface area contributed by atoms with E-state index < -0.39 is 5.60 Å². The molecule has 0 aliphatic rings. The Hall–Kier alpha value is -0.190. The van der Waals surface area contributed by atoms with E-state index in [1.54, 1.807) is 13.8 Å². The average Bonchev–Trinajstić information content (AvgIpc) is 2.00. The molecule has 1 unspecified atom stereocenters. The Kier molecular flexibility index (Phi) is 5.56. The maximum absolute atomic E-state index is 9.66. The van der Waals surface area contributed by atoms with E-state index in [-0.39, 0.29) is 5.92 Å². The van der Waals surface area contributed by atoms with Crippen LogP contribution in [0.1, 0.15) is 27.7 Å². The van der Waals surface area contributed by atoms with Crippen molar-refractivity contribution in [3.63, 3.8) is 0 Å². The van der Waals surface area contributed by atoms with Crippen molar-refractivity contribution in [3.05, 3.63) is 0 Å². The van der Waals surface area contributed by atoms with Crippen LogP contribution in [0, 0.1) is 5.92 Å². The Labute approximate surface area is 92.3 Å². The van der Waals surface area contributed by atoms with Gasteiger partial charge in [-0.05, 0) is 20.4 Å². The smallest absolute Gasteiger partial charge is 0.0768 e. The minimum absolute atomic E-state index is 0.201. The summed E-state index contributed by atoms with van der Waals surface area (Å²) in [7, 11) is 0. The predicted octanol–water partition coefficient (Wildman–Crippen LogP) is 1.00. The van der Waals surface area contributed by atoms with Crippen molar-refractivity contribution in [3.8, 4) is 0 Å². The number of nitrogens with two attached hydrogens (primary N) is 1. The third-order valence-electron chi connectivity index (χ3n) is 2.08. The molecule has 4 heteroatoms. The molecule has 0 saturated heterocycles. The molecule has 0 aliphatic carbocycles. The largest absolute Gasteiger partial charge is 0.393 e. The minimum atomic E-state index is -0.661. The number of aliphatic hydroxyl groups is 1. The van der Waals surface area contributed by atoms with E-state index in [0.717, 1.165) is 13.1 Å². The molecule has 1 atom stereocenters. The highest BCUT2D eigenvalue weighted by molar-refractivity contribution is 7.80. The van der Waals surface area contributed by atoms with Crippen LogP contribution in [0.4, 0.5) is 0 Å². The van der Waals surface area contributed by atoms with Gasteiger partial charge in [0.1, 0.15) is 0 Å². The molecule has 0 aliphatic heterocycles. The van der Waals surface area contributed by atoms with E-state index in [9.17, 15) is 5.11 Å².